The summed E-state index contributed by atoms with van der Waals surface area (Å²) in [4.78, 5) is 17.0. The Morgan fingerprint density at radius 1 is 1.21 bits per heavy atom. The number of rotatable bonds is 4. The maximum Gasteiger partial charge on any atom is 0.242 e. The van der Waals surface area contributed by atoms with Gasteiger partial charge in [0.1, 0.15) is 0 Å². The summed E-state index contributed by atoms with van der Waals surface area (Å²) in [6.45, 7) is 7.72. The third kappa shape index (κ3) is 3.48. The molecule has 1 unspecified atom stereocenters. The van der Waals surface area contributed by atoms with Crippen LogP contribution in [-0.4, -0.2) is 53.5 Å². The summed E-state index contributed by atoms with van der Waals surface area (Å²) in [5, 5.41) is 0. The molecule has 0 aromatic heterocycles. The molecule has 0 aromatic rings. The lowest BCUT2D eigenvalue weighted by molar-refractivity contribution is -0.138. The van der Waals surface area contributed by atoms with Crippen molar-refractivity contribution in [3.05, 3.63) is 0 Å². The van der Waals surface area contributed by atoms with Crippen molar-refractivity contribution in [1.29, 1.82) is 0 Å². The molecule has 2 fully saturated rings. The standard InChI is InChI=1S/C15H29N3O/c1-3-8-15(2,16)14(19)18-11-9-17(10-12-18)13-6-4-5-7-13/h13H,3-12,16H2,1-2H3. The Labute approximate surface area is 117 Å². The van der Waals surface area contributed by atoms with Crippen molar-refractivity contribution in [2.24, 2.45) is 5.73 Å². The Balaban J connectivity index is 1.83. The van der Waals surface area contributed by atoms with Crippen molar-refractivity contribution in [1.82, 2.24) is 9.80 Å². The number of nitrogens with zero attached hydrogens (tertiary/aromatic N) is 2. The second-order valence-electron chi connectivity index (χ2n) is 6.43. The lowest BCUT2D eigenvalue weighted by Crippen LogP contribution is -2.59. The predicted molar refractivity (Wildman–Crippen MR) is 77.9 cm³/mol. The van der Waals surface area contributed by atoms with Crippen LogP contribution in [0.2, 0.25) is 0 Å². The highest BCUT2D eigenvalue weighted by molar-refractivity contribution is 5.85. The van der Waals surface area contributed by atoms with Gasteiger partial charge in [-0.1, -0.05) is 26.2 Å². The number of carbonyl (C=O) groups is 1. The molecule has 1 saturated carbocycles. The molecule has 1 aliphatic carbocycles. The molecular weight excluding hydrogens is 238 g/mol. The monoisotopic (exact) mass is 267 g/mol. The SMILES string of the molecule is CCCC(C)(N)C(=O)N1CCN(C2CCCC2)CC1. The van der Waals surface area contributed by atoms with Crippen molar-refractivity contribution in [2.75, 3.05) is 26.2 Å². The van der Waals surface area contributed by atoms with Crippen molar-refractivity contribution >= 4 is 5.91 Å². The van der Waals surface area contributed by atoms with Gasteiger partial charge in [-0.2, -0.15) is 0 Å². The Morgan fingerprint density at radius 2 is 1.79 bits per heavy atom. The molecule has 0 bridgehead atoms. The fourth-order valence-electron chi connectivity index (χ4n) is 3.55. The van der Waals surface area contributed by atoms with Crippen LogP contribution in [0, 0.1) is 0 Å². The van der Waals surface area contributed by atoms with E-state index in [2.05, 4.69) is 11.8 Å². The number of hydrogen-bond donors (Lipinski definition) is 1. The van der Waals surface area contributed by atoms with Crippen LogP contribution in [0.25, 0.3) is 0 Å². The Morgan fingerprint density at radius 3 is 2.32 bits per heavy atom. The molecule has 1 atom stereocenters. The molecule has 2 aliphatic rings. The molecule has 1 saturated heterocycles. The van der Waals surface area contributed by atoms with Gasteiger partial charge in [0.2, 0.25) is 5.91 Å². The van der Waals surface area contributed by atoms with Crippen LogP contribution in [0.5, 0.6) is 0 Å². The molecule has 0 spiro atoms. The molecule has 0 aromatic carbocycles. The zero-order valence-corrected chi connectivity index (χ0v) is 12.5. The number of carbonyl (C=O) groups excluding carboxylic acids is 1. The largest absolute Gasteiger partial charge is 0.339 e. The summed E-state index contributed by atoms with van der Waals surface area (Å²) in [5.74, 6) is 0.139. The first kappa shape index (κ1) is 14.8. The van der Waals surface area contributed by atoms with Crippen LogP contribution in [0.15, 0.2) is 0 Å². The van der Waals surface area contributed by atoms with Crippen molar-refractivity contribution in [2.45, 2.75) is 64.0 Å². The Kier molecular flexibility index (Phi) is 4.85. The summed E-state index contributed by atoms with van der Waals surface area (Å²) in [6, 6.07) is 0.775. The molecule has 1 heterocycles. The van der Waals surface area contributed by atoms with Gasteiger partial charge >= 0.3 is 0 Å². The summed E-state index contributed by atoms with van der Waals surface area (Å²) < 4.78 is 0. The number of piperazine rings is 1. The minimum atomic E-state index is -0.676. The van der Waals surface area contributed by atoms with Crippen molar-refractivity contribution in [3.8, 4) is 0 Å². The van der Waals surface area contributed by atoms with Crippen LogP contribution in [-0.2, 0) is 4.79 Å². The van der Waals surface area contributed by atoms with Gasteiger partial charge in [-0.05, 0) is 26.2 Å². The molecule has 4 nitrogen and oxygen atoms in total. The van der Waals surface area contributed by atoms with E-state index in [0.29, 0.717) is 0 Å². The maximum atomic E-state index is 12.4. The molecule has 1 amide bonds. The van der Waals surface area contributed by atoms with Gasteiger partial charge in [-0.3, -0.25) is 9.69 Å². The van der Waals surface area contributed by atoms with Crippen LogP contribution in [0.1, 0.15) is 52.4 Å². The number of hydrogen-bond acceptors (Lipinski definition) is 3. The third-order valence-electron chi connectivity index (χ3n) is 4.70. The highest BCUT2D eigenvalue weighted by atomic mass is 16.2. The summed E-state index contributed by atoms with van der Waals surface area (Å²) in [6.07, 6.45) is 7.18. The van der Waals surface area contributed by atoms with Gasteiger partial charge in [-0.25, -0.2) is 0 Å². The number of nitrogens with two attached hydrogens (primary N) is 1. The smallest absolute Gasteiger partial charge is 0.242 e. The minimum Gasteiger partial charge on any atom is -0.339 e. The second kappa shape index (κ2) is 6.23. The van der Waals surface area contributed by atoms with Gasteiger partial charge in [0.15, 0.2) is 0 Å². The van der Waals surface area contributed by atoms with E-state index in [9.17, 15) is 4.79 Å². The van der Waals surface area contributed by atoms with E-state index >= 15 is 0 Å². The molecule has 0 radical (unpaired) electrons. The highest BCUT2D eigenvalue weighted by Gasteiger charge is 2.34. The Hall–Kier alpha value is -0.610. The van der Waals surface area contributed by atoms with E-state index in [1.54, 1.807) is 0 Å². The van der Waals surface area contributed by atoms with Crippen molar-refractivity contribution in [3.63, 3.8) is 0 Å². The molecule has 2 N–H and O–H groups in total. The molecule has 4 heteroatoms. The van der Waals surface area contributed by atoms with E-state index in [4.69, 9.17) is 5.73 Å². The minimum absolute atomic E-state index is 0.139. The van der Waals surface area contributed by atoms with Crippen molar-refractivity contribution < 1.29 is 4.79 Å². The van der Waals surface area contributed by atoms with Gasteiger partial charge in [0.05, 0.1) is 5.54 Å². The zero-order valence-electron chi connectivity index (χ0n) is 12.5. The van der Waals surface area contributed by atoms with Crippen LogP contribution >= 0.6 is 0 Å². The lowest BCUT2D eigenvalue weighted by Gasteiger charge is -2.40. The van der Waals surface area contributed by atoms with E-state index in [-0.39, 0.29) is 5.91 Å². The Bertz CT molecular complexity index is 303. The van der Waals surface area contributed by atoms with E-state index < -0.39 is 5.54 Å². The van der Waals surface area contributed by atoms with Crippen LogP contribution in [0.4, 0.5) is 0 Å². The first-order chi connectivity index (χ1) is 9.04. The summed E-state index contributed by atoms with van der Waals surface area (Å²) in [5.41, 5.74) is 5.48. The van der Waals surface area contributed by atoms with E-state index in [1.165, 1.54) is 25.7 Å². The topological polar surface area (TPSA) is 49.6 Å². The van der Waals surface area contributed by atoms with Crippen LogP contribution in [0.3, 0.4) is 0 Å². The van der Waals surface area contributed by atoms with E-state index in [1.807, 2.05) is 11.8 Å². The quantitative estimate of drug-likeness (QED) is 0.841. The third-order valence-corrected chi connectivity index (χ3v) is 4.70. The van der Waals surface area contributed by atoms with E-state index in [0.717, 1.165) is 45.1 Å². The fraction of sp³-hybridized carbons (Fsp3) is 0.933. The fourth-order valence-corrected chi connectivity index (χ4v) is 3.55. The number of amides is 1. The average Bonchev–Trinajstić information content (AvgIpc) is 2.92. The first-order valence-corrected chi connectivity index (χ1v) is 7.87. The van der Waals surface area contributed by atoms with Gasteiger partial charge in [0.25, 0.3) is 0 Å². The normalized spacial score (nSPS) is 25.5. The molecule has 110 valence electrons. The highest BCUT2D eigenvalue weighted by Crippen LogP contribution is 2.24. The van der Waals surface area contributed by atoms with Gasteiger partial charge in [-0.15, -0.1) is 0 Å². The maximum absolute atomic E-state index is 12.4. The molecule has 19 heavy (non-hydrogen) atoms. The molecule has 1 aliphatic heterocycles. The lowest BCUT2D eigenvalue weighted by atomic mass is 9.95. The molecular formula is C15H29N3O. The summed E-state index contributed by atoms with van der Waals surface area (Å²) >= 11 is 0. The van der Waals surface area contributed by atoms with Gasteiger partial charge < -0.3 is 10.6 Å². The predicted octanol–water partition coefficient (Wildman–Crippen LogP) is 1.59. The average molecular weight is 267 g/mol. The summed E-state index contributed by atoms with van der Waals surface area (Å²) in [7, 11) is 0. The first-order valence-electron chi connectivity index (χ1n) is 7.87. The van der Waals surface area contributed by atoms with Crippen LogP contribution < -0.4 is 5.73 Å². The zero-order chi connectivity index (χ0) is 13.9. The van der Waals surface area contributed by atoms with Gasteiger partial charge in [0, 0.05) is 32.2 Å². The molecule has 2 rings (SSSR count). The second-order valence-corrected chi connectivity index (χ2v) is 6.43.